The number of hydrogen-bond acceptors (Lipinski definition) is 8. The van der Waals surface area contributed by atoms with Crippen LogP contribution in [0.3, 0.4) is 0 Å². The first-order valence-electron chi connectivity index (χ1n) is 11.4. The molecule has 0 spiro atoms. The third kappa shape index (κ3) is 6.98. The van der Waals surface area contributed by atoms with Crippen LogP contribution in [0.1, 0.15) is 24.1 Å². The van der Waals surface area contributed by atoms with E-state index < -0.39 is 47.9 Å². The Kier molecular flexibility index (Phi) is 9.31. The molecule has 0 bridgehead atoms. The van der Waals surface area contributed by atoms with Gasteiger partial charge in [-0.3, -0.25) is 14.4 Å². The van der Waals surface area contributed by atoms with Crippen molar-refractivity contribution in [2.75, 3.05) is 12.3 Å². The van der Waals surface area contributed by atoms with Crippen LogP contribution in [0.2, 0.25) is 0 Å². The minimum atomic E-state index is -1.21. The summed E-state index contributed by atoms with van der Waals surface area (Å²) >= 11 is 4.20. The summed E-state index contributed by atoms with van der Waals surface area (Å²) in [6.45, 7) is 0.287. The number of phenols is 1. The van der Waals surface area contributed by atoms with Crippen LogP contribution in [0.15, 0.2) is 36.8 Å². The number of nitrogens with one attached hydrogen (secondary N) is 3. The van der Waals surface area contributed by atoms with Crippen molar-refractivity contribution in [3.05, 3.63) is 48.0 Å². The van der Waals surface area contributed by atoms with Crippen molar-refractivity contribution in [3.63, 3.8) is 0 Å². The molecule has 1 saturated heterocycles. The van der Waals surface area contributed by atoms with Gasteiger partial charge in [-0.2, -0.15) is 12.6 Å². The Morgan fingerprint density at radius 1 is 1.17 bits per heavy atom. The normalized spacial score (nSPS) is 17.7. The van der Waals surface area contributed by atoms with Gasteiger partial charge in [0.1, 0.15) is 23.9 Å². The number of aliphatic carboxylic acids is 1. The highest BCUT2D eigenvalue weighted by Crippen LogP contribution is 2.19. The number of carbonyl (C=O) groups excluding carboxylic acids is 3. The molecule has 1 aromatic heterocycles. The highest BCUT2D eigenvalue weighted by atomic mass is 32.1. The van der Waals surface area contributed by atoms with Crippen LogP contribution >= 0.6 is 12.6 Å². The maximum atomic E-state index is 13.2. The van der Waals surface area contributed by atoms with E-state index in [1.807, 2.05) is 0 Å². The van der Waals surface area contributed by atoms with Gasteiger partial charge < -0.3 is 36.5 Å². The molecule has 0 radical (unpaired) electrons. The Morgan fingerprint density at radius 3 is 2.50 bits per heavy atom. The van der Waals surface area contributed by atoms with Gasteiger partial charge in [-0.25, -0.2) is 9.78 Å². The number of H-pyrrole nitrogens is 1. The van der Waals surface area contributed by atoms with E-state index in [4.69, 9.17) is 5.73 Å². The highest BCUT2D eigenvalue weighted by Gasteiger charge is 2.38. The number of phenolic OH excluding ortho intramolecular Hbond substituents is 1. The van der Waals surface area contributed by atoms with E-state index in [2.05, 4.69) is 33.2 Å². The summed E-state index contributed by atoms with van der Waals surface area (Å²) < 4.78 is 0. The number of aromatic hydroxyl groups is 1. The third-order valence-electron chi connectivity index (χ3n) is 5.96. The molecule has 7 N–H and O–H groups in total. The molecule has 0 saturated carbocycles. The van der Waals surface area contributed by atoms with Crippen molar-refractivity contribution in [2.24, 2.45) is 5.73 Å². The molecule has 1 aromatic carbocycles. The van der Waals surface area contributed by atoms with E-state index in [1.54, 1.807) is 12.1 Å². The number of carboxylic acid groups (broad SMARTS) is 1. The van der Waals surface area contributed by atoms with Gasteiger partial charge >= 0.3 is 5.97 Å². The smallest absolute Gasteiger partial charge is 0.326 e. The number of likely N-dealkylation sites (tertiary alicyclic amines) is 1. The number of aromatic nitrogens is 2. The number of imidazole rings is 1. The van der Waals surface area contributed by atoms with E-state index >= 15 is 0 Å². The maximum Gasteiger partial charge on any atom is 0.326 e. The lowest BCUT2D eigenvalue weighted by Crippen LogP contribution is -2.57. The van der Waals surface area contributed by atoms with Crippen LogP contribution in [0.5, 0.6) is 5.75 Å². The van der Waals surface area contributed by atoms with Crippen LogP contribution in [0, 0.1) is 0 Å². The zero-order valence-corrected chi connectivity index (χ0v) is 20.4. The van der Waals surface area contributed by atoms with E-state index in [0.29, 0.717) is 18.5 Å². The lowest BCUT2D eigenvalue weighted by atomic mass is 10.1. The van der Waals surface area contributed by atoms with Gasteiger partial charge in [-0.1, -0.05) is 12.1 Å². The Bertz CT molecular complexity index is 1060. The quantitative estimate of drug-likeness (QED) is 0.188. The van der Waals surface area contributed by atoms with Crippen LogP contribution in [0.4, 0.5) is 0 Å². The number of rotatable bonds is 11. The summed E-state index contributed by atoms with van der Waals surface area (Å²) in [6.07, 6.45) is 4.00. The number of carbonyl (C=O) groups is 4. The number of benzene rings is 1. The molecule has 3 amide bonds. The lowest BCUT2D eigenvalue weighted by molar-refractivity contribution is -0.144. The van der Waals surface area contributed by atoms with Crippen molar-refractivity contribution in [3.8, 4) is 5.75 Å². The molecule has 2 heterocycles. The summed E-state index contributed by atoms with van der Waals surface area (Å²) in [5, 5.41) is 24.0. The Hall–Kier alpha value is -3.58. The Labute approximate surface area is 213 Å². The molecular weight excluding hydrogens is 488 g/mol. The number of carboxylic acids is 1. The second-order valence-corrected chi connectivity index (χ2v) is 8.96. The number of thiol groups is 1. The molecule has 12 nitrogen and oxygen atoms in total. The fourth-order valence-corrected chi connectivity index (χ4v) is 4.28. The predicted octanol–water partition coefficient (Wildman–Crippen LogP) is -0.797. The van der Waals surface area contributed by atoms with Crippen LogP contribution in [0.25, 0.3) is 0 Å². The molecule has 1 fully saturated rings. The predicted molar refractivity (Wildman–Crippen MR) is 132 cm³/mol. The molecule has 4 atom stereocenters. The van der Waals surface area contributed by atoms with Gasteiger partial charge in [0, 0.05) is 30.6 Å². The van der Waals surface area contributed by atoms with E-state index in [1.165, 1.54) is 29.6 Å². The zero-order valence-electron chi connectivity index (χ0n) is 19.5. The summed E-state index contributed by atoms with van der Waals surface area (Å²) in [7, 11) is 0. The summed E-state index contributed by atoms with van der Waals surface area (Å²) in [6, 6.07) is 2.24. The van der Waals surface area contributed by atoms with Crippen molar-refractivity contribution in [2.45, 2.75) is 49.9 Å². The molecule has 2 aromatic rings. The van der Waals surface area contributed by atoms with E-state index in [-0.39, 0.29) is 30.9 Å². The standard InChI is InChI=1S/C23H30N6O6S/c24-16(8-13-3-5-15(30)6-4-13)20(31)28-18(11-36)22(33)29-7-1-2-19(29)21(32)27-17(23(34)35)9-14-10-25-12-26-14/h3-6,10,12,16-19,30,36H,1-2,7-9,11,24H2,(H,25,26)(H,27,32)(H,28,31)(H,34,35). The number of amides is 3. The minimum Gasteiger partial charge on any atom is -0.508 e. The topological polar surface area (TPSA) is 191 Å². The molecule has 1 aliphatic heterocycles. The Balaban J connectivity index is 1.60. The molecule has 0 aliphatic carbocycles. The van der Waals surface area contributed by atoms with Crippen LogP contribution < -0.4 is 16.4 Å². The van der Waals surface area contributed by atoms with Crippen molar-refractivity contribution < 1.29 is 29.4 Å². The number of nitrogens with two attached hydrogens (primary N) is 1. The fourth-order valence-electron chi connectivity index (χ4n) is 4.03. The highest BCUT2D eigenvalue weighted by molar-refractivity contribution is 7.80. The molecular formula is C23H30N6O6S. The van der Waals surface area contributed by atoms with E-state index in [0.717, 1.165) is 5.56 Å². The largest absolute Gasteiger partial charge is 0.508 e. The maximum absolute atomic E-state index is 13.2. The number of hydrogen-bond donors (Lipinski definition) is 7. The van der Waals surface area contributed by atoms with Crippen LogP contribution in [-0.4, -0.2) is 85.2 Å². The van der Waals surface area contributed by atoms with Crippen LogP contribution in [-0.2, 0) is 32.0 Å². The Morgan fingerprint density at radius 2 is 1.89 bits per heavy atom. The van der Waals surface area contributed by atoms with Crippen molar-refractivity contribution >= 4 is 36.3 Å². The average Bonchev–Trinajstić information content (AvgIpc) is 3.55. The van der Waals surface area contributed by atoms with E-state index in [9.17, 15) is 29.4 Å². The number of aromatic amines is 1. The van der Waals surface area contributed by atoms with Gasteiger partial charge in [0.2, 0.25) is 17.7 Å². The summed E-state index contributed by atoms with van der Waals surface area (Å²) in [5.41, 5.74) is 7.29. The third-order valence-corrected chi connectivity index (χ3v) is 6.32. The molecule has 1 aliphatic rings. The minimum absolute atomic E-state index is 0.00990. The molecule has 194 valence electrons. The average molecular weight is 519 g/mol. The molecule has 36 heavy (non-hydrogen) atoms. The van der Waals surface area contributed by atoms with Gasteiger partial charge in [-0.05, 0) is 37.0 Å². The summed E-state index contributed by atoms with van der Waals surface area (Å²) in [5.74, 6) is -2.76. The lowest BCUT2D eigenvalue weighted by Gasteiger charge is -2.29. The zero-order chi connectivity index (χ0) is 26.2. The first kappa shape index (κ1) is 27.0. The summed E-state index contributed by atoms with van der Waals surface area (Å²) in [4.78, 5) is 58.4. The molecule has 3 rings (SSSR count). The van der Waals surface area contributed by atoms with Crippen molar-refractivity contribution in [1.82, 2.24) is 25.5 Å². The van der Waals surface area contributed by atoms with Gasteiger partial charge in [-0.15, -0.1) is 0 Å². The fraction of sp³-hybridized carbons (Fsp3) is 0.435. The SMILES string of the molecule is NC(Cc1ccc(O)cc1)C(=O)NC(CS)C(=O)N1CCCC1C(=O)NC(Cc1cnc[nH]1)C(=O)O. The second-order valence-electron chi connectivity index (χ2n) is 8.59. The first-order valence-corrected chi connectivity index (χ1v) is 12.1. The van der Waals surface area contributed by atoms with Gasteiger partial charge in [0.15, 0.2) is 0 Å². The molecule has 4 unspecified atom stereocenters. The van der Waals surface area contributed by atoms with Gasteiger partial charge in [0.25, 0.3) is 0 Å². The second kappa shape index (κ2) is 12.4. The first-order chi connectivity index (χ1) is 17.2. The van der Waals surface area contributed by atoms with Gasteiger partial charge in [0.05, 0.1) is 12.4 Å². The molecule has 13 heteroatoms. The van der Waals surface area contributed by atoms with Crippen molar-refractivity contribution in [1.29, 1.82) is 0 Å². The monoisotopic (exact) mass is 518 g/mol. The number of nitrogens with zero attached hydrogens (tertiary/aromatic N) is 2.